The van der Waals surface area contributed by atoms with Crippen molar-refractivity contribution < 1.29 is 18.7 Å². The number of carbonyl (C=O) groups excluding carboxylic acids is 2. The Labute approximate surface area is 164 Å². The van der Waals surface area contributed by atoms with Gasteiger partial charge < -0.3 is 9.64 Å². The number of likely N-dealkylation sites (tertiary alicyclic amines) is 1. The monoisotopic (exact) mass is 384 g/mol. The Morgan fingerprint density at radius 2 is 1.82 bits per heavy atom. The summed E-state index contributed by atoms with van der Waals surface area (Å²) < 4.78 is 18.6. The summed E-state index contributed by atoms with van der Waals surface area (Å²) in [4.78, 5) is 28.3. The summed E-state index contributed by atoms with van der Waals surface area (Å²) in [6.45, 7) is 2.14. The van der Waals surface area contributed by atoms with E-state index in [9.17, 15) is 14.0 Å². The van der Waals surface area contributed by atoms with Crippen LogP contribution in [-0.2, 0) is 11.3 Å². The van der Waals surface area contributed by atoms with Crippen molar-refractivity contribution in [1.82, 2.24) is 9.80 Å². The predicted octanol–water partition coefficient (Wildman–Crippen LogP) is 3.35. The number of rotatable bonds is 5. The van der Waals surface area contributed by atoms with Gasteiger partial charge in [-0.15, -0.1) is 0 Å². The Morgan fingerprint density at radius 3 is 2.50 bits per heavy atom. The third kappa shape index (κ3) is 4.57. The van der Waals surface area contributed by atoms with E-state index in [0.29, 0.717) is 29.8 Å². The number of piperidine rings is 1. The summed E-state index contributed by atoms with van der Waals surface area (Å²) in [5.41, 5.74) is 1.62. The molecule has 0 radical (unpaired) electrons. The van der Waals surface area contributed by atoms with E-state index in [1.165, 1.54) is 13.2 Å². The highest BCUT2D eigenvalue weighted by atomic mass is 19.1. The first kappa shape index (κ1) is 20.0. The zero-order valence-corrected chi connectivity index (χ0v) is 16.2. The van der Waals surface area contributed by atoms with Crippen LogP contribution in [0.5, 0.6) is 0 Å². The third-order valence-corrected chi connectivity index (χ3v) is 5.25. The average Bonchev–Trinajstić information content (AvgIpc) is 2.74. The average molecular weight is 384 g/mol. The van der Waals surface area contributed by atoms with Gasteiger partial charge in [-0.05, 0) is 49.7 Å². The number of halogens is 1. The van der Waals surface area contributed by atoms with Crippen LogP contribution >= 0.6 is 0 Å². The van der Waals surface area contributed by atoms with Crippen molar-refractivity contribution in [3.05, 3.63) is 71.0 Å². The predicted molar refractivity (Wildman–Crippen MR) is 105 cm³/mol. The summed E-state index contributed by atoms with van der Waals surface area (Å²) in [5.74, 6) is -0.711. The van der Waals surface area contributed by atoms with Crippen LogP contribution < -0.4 is 0 Å². The van der Waals surface area contributed by atoms with Crippen molar-refractivity contribution in [2.45, 2.75) is 25.4 Å². The number of benzene rings is 2. The normalized spacial score (nSPS) is 17.2. The minimum atomic E-state index is -0.427. The Bertz CT molecular complexity index is 838. The number of likely N-dealkylation sites (N-methyl/N-ethyl adjacent to an activating group) is 1. The molecule has 1 heterocycles. The van der Waals surface area contributed by atoms with Crippen LogP contribution in [-0.4, -0.2) is 55.0 Å². The molecule has 28 heavy (non-hydrogen) atoms. The minimum absolute atomic E-state index is 0.0632. The standard InChI is InChI=1S/C22H25FN2O3/c1-24(21(26)16-9-11-17(12-10-16)22(27)28-2)19-7-5-13-25(15-19)14-18-6-3-4-8-20(18)23/h3-4,6,8-12,19H,5,7,13-15H2,1-2H3/t19-/m1/s1. The molecule has 1 amide bonds. The highest BCUT2D eigenvalue weighted by Crippen LogP contribution is 2.20. The third-order valence-electron chi connectivity index (χ3n) is 5.25. The quantitative estimate of drug-likeness (QED) is 0.742. The van der Waals surface area contributed by atoms with E-state index in [1.807, 2.05) is 6.07 Å². The van der Waals surface area contributed by atoms with E-state index in [4.69, 9.17) is 0 Å². The van der Waals surface area contributed by atoms with Crippen LogP contribution in [0.4, 0.5) is 4.39 Å². The molecule has 1 aliphatic rings. The Morgan fingerprint density at radius 1 is 1.14 bits per heavy atom. The first-order valence-corrected chi connectivity index (χ1v) is 9.41. The van der Waals surface area contributed by atoms with E-state index in [2.05, 4.69) is 9.64 Å². The summed E-state index contributed by atoms with van der Waals surface area (Å²) in [6, 6.07) is 13.4. The molecule has 6 heteroatoms. The largest absolute Gasteiger partial charge is 0.465 e. The number of methoxy groups -OCH3 is 1. The van der Waals surface area contributed by atoms with Gasteiger partial charge in [0.15, 0.2) is 0 Å². The molecule has 0 aliphatic carbocycles. The maximum atomic E-state index is 13.9. The fraction of sp³-hybridized carbons (Fsp3) is 0.364. The Hall–Kier alpha value is -2.73. The van der Waals surface area contributed by atoms with Crippen molar-refractivity contribution in [1.29, 1.82) is 0 Å². The van der Waals surface area contributed by atoms with Gasteiger partial charge in [-0.2, -0.15) is 0 Å². The molecule has 1 atom stereocenters. The van der Waals surface area contributed by atoms with Crippen molar-refractivity contribution in [2.75, 3.05) is 27.2 Å². The molecule has 2 aromatic carbocycles. The lowest BCUT2D eigenvalue weighted by Crippen LogP contribution is -2.48. The maximum Gasteiger partial charge on any atom is 0.337 e. The molecular formula is C22H25FN2O3. The van der Waals surface area contributed by atoms with Gasteiger partial charge in [0.1, 0.15) is 5.82 Å². The highest BCUT2D eigenvalue weighted by Gasteiger charge is 2.27. The molecule has 1 aliphatic heterocycles. The smallest absolute Gasteiger partial charge is 0.337 e. The summed E-state index contributed by atoms with van der Waals surface area (Å²) >= 11 is 0. The number of ether oxygens (including phenoxy) is 1. The number of hydrogen-bond donors (Lipinski definition) is 0. The van der Waals surface area contributed by atoms with E-state index in [1.54, 1.807) is 48.3 Å². The van der Waals surface area contributed by atoms with Gasteiger partial charge in [0.2, 0.25) is 0 Å². The van der Waals surface area contributed by atoms with Gasteiger partial charge in [0.25, 0.3) is 5.91 Å². The number of nitrogens with zero attached hydrogens (tertiary/aromatic N) is 2. The molecule has 0 spiro atoms. The lowest BCUT2D eigenvalue weighted by Gasteiger charge is -2.37. The summed E-state index contributed by atoms with van der Waals surface area (Å²) in [6.07, 6.45) is 1.87. The first-order valence-electron chi connectivity index (χ1n) is 9.41. The van der Waals surface area contributed by atoms with E-state index < -0.39 is 5.97 Å². The minimum Gasteiger partial charge on any atom is -0.465 e. The van der Waals surface area contributed by atoms with Crippen molar-refractivity contribution in [3.8, 4) is 0 Å². The van der Waals surface area contributed by atoms with Crippen LogP contribution in [0, 0.1) is 5.82 Å². The van der Waals surface area contributed by atoms with E-state index in [-0.39, 0.29) is 17.8 Å². The number of amides is 1. The van der Waals surface area contributed by atoms with Crippen molar-refractivity contribution in [3.63, 3.8) is 0 Å². The molecule has 1 fully saturated rings. The molecule has 0 saturated carbocycles. The summed E-state index contributed by atoms with van der Waals surface area (Å²) in [7, 11) is 3.12. The van der Waals surface area contributed by atoms with Crippen molar-refractivity contribution in [2.24, 2.45) is 0 Å². The number of carbonyl (C=O) groups is 2. The second-order valence-corrected chi connectivity index (χ2v) is 7.11. The van der Waals surface area contributed by atoms with E-state index >= 15 is 0 Å². The van der Waals surface area contributed by atoms with Crippen LogP contribution in [0.2, 0.25) is 0 Å². The van der Waals surface area contributed by atoms with Crippen LogP contribution in [0.15, 0.2) is 48.5 Å². The molecular weight excluding hydrogens is 359 g/mol. The Kier molecular flexibility index (Phi) is 6.41. The molecule has 1 saturated heterocycles. The van der Waals surface area contributed by atoms with Gasteiger partial charge in [-0.25, -0.2) is 9.18 Å². The summed E-state index contributed by atoms with van der Waals surface area (Å²) in [5, 5.41) is 0. The second kappa shape index (κ2) is 8.97. The van der Waals surface area contributed by atoms with Gasteiger partial charge in [0, 0.05) is 37.3 Å². The molecule has 2 aromatic rings. The number of esters is 1. The van der Waals surface area contributed by atoms with Crippen LogP contribution in [0.3, 0.4) is 0 Å². The topological polar surface area (TPSA) is 49.9 Å². The molecule has 148 valence electrons. The highest BCUT2D eigenvalue weighted by molar-refractivity contribution is 5.96. The van der Waals surface area contributed by atoms with Gasteiger partial charge in [-0.1, -0.05) is 18.2 Å². The number of hydrogen-bond acceptors (Lipinski definition) is 4. The second-order valence-electron chi connectivity index (χ2n) is 7.11. The molecule has 0 unspecified atom stereocenters. The van der Waals surface area contributed by atoms with Gasteiger partial charge in [-0.3, -0.25) is 9.69 Å². The van der Waals surface area contributed by atoms with Gasteiger partial charge in [0.05, 0.1) is 12.7 Å². The van der Waals surface area contributed by atoms with Gasteiger partial charge >= 0.3 is 5.97 Å². The maximum absolute atomic E-state index is 13.9. The van der Waals surface area contributed by atoms with Crippen LogP contribution in [0.25, 0.3) is 0 Å². The molecule has 3 rings (SSSR count). The lowest BCUT2D eigenvalue weighted by atomic mass is 10.0. The fourth-order valence-corrected chi connectivity index (χ4v) is 3.59. The zero-order chi connectivity index (χ0) is 20.1. The van der Waals surface area contributed by atoms with Crippen LogP contribution in [0.1, 0.15) is 39.1 Å². The lowest BCUT2D eigenvalue weighted by molar-refractivity contribution is 0.0591. The zero-order valence-electron chi connectivity index (χ0n) is 16.2. The SMILES string of the molecule is COC(=O)c1ccc(C(=O)N(C)[C@@H]2CCCN(Cc3ccccc3F)C2)cc1. The molecule has 0 N–H and O–H groups in total. The fourth-order valence-electron chi connectivity index (χ4n) is 3.59. The molecule has 0 aromatic heterocycles. The van der Waals surface area contributed by atoms with E-state index in [0.717, 1.165) is 19.4 Å². The molecule has 5 nitrogen and oxygen atoms in total. The first-order chi connectivity index (χ1) is 13.5. The Balaban J connectivity index is 1.64. The van der Waals surface area contributed by atoms with Crippen molar-refractivity contribution >= 4 is 11.9 Å². The molecule has 0 bridgehead atoms.